The lowest BCUT2D eigenvalue weighted by molar-refractivity contribution is 0.00377. The number of nitrogens with zero attached hydrogens (tertiary/aromatic N) is 2. The third-order valence-electron chi connectivity index (χ3n) is 2.08. The maximum Gasteiger partial charge on any atom is 0.104 e. The number of aliphatic hydroxyl groups excluding tert-OH is 2. The molecule has 74 valence electrons. The van der Waals surface area contributed by atoms with Gasteiger partial charge in [-0.05, 0) is 27.9 Å². The lowest BCUT2D eigenvalue weighted by Gasteiger charge is -2.25. The van der Waals surface area contributed by atoms with E-state index in [4.69, 9.17) is 10.2 Å². The Morgan fingerprint density at radius 1 is 0.917 bits per heavy atom. The van der Waals surface area contributed by atoms with Crippen LogP contribution in [0.1, 0.15) is 13.8 Å². The van der Waals surface area contributed by atoms with Crippen LogP contribution in [-0.4, -0.2) is 59.7 Å². The van der Waals surface area contributed by atoms with Crippen molar-refractivity contribution >= 4 is 0 Å². The van der Waals surface area contributed by atoms with Crippen molar-refractivity contribution in [1.82, 2.24) is 9.80 Å². The molecule has 0 amide bonds. The second kappa shape index (κ2) is 5.48. The first kappa shape index (κ1) is 11.8. The van der Waals surface area contributed by atoms with Crippen molar-refractivity contribution in [3.05, 3.63) is 0 Å². The number of hydrogen-bond acceptors (Lipinski definition) is 4. The van der Waals surface area contributed by atoms with Crippen molar-refractivity contribution in [2.24, 2.45) is 0 Å². The van der Waals surface area contributed by atoms with E-state index in [0.29, 0.717) is 0 Å². The fraction of sp³-hybridized carbons (Fsp3) is 1.00. The maximum atomic E-state index is 9.12. The van der Waals surface area contributed by atoms with Crippen LogP contribution in [0, 0.1) is 0 Å². The molecule has 0 bridgehead atoms. The van der Waals surface area contributed by atoms with E-state index >= 15 is 0 Å². The van der Waals surface area contributed by atoms with Crippen LogP contribution in [0.25, 0.3) is 0 Å². The van der Waals surface area contributed by atoms with Crippen LogP contribution in [0.2, 0.25) is 0 Å². The average Bonchev–Trinajstić information content (AvgIpc) is 1.98. The van der Waals surface area contributed by atoms with Gasteiger partial charge in [-0.2, -0.15) is 0 Å². The minimum absolute atomic E-state index is 0.424. The Kier molecular flexibility index (Phi) is 5.41. The minimum Gasteiger partial charge on any atom is -0.379 e. The van der Waals surface area contributed by atoms with E-state index in [1.807, 2.05) is 23.9 Å². The van der Waals surface area contributed by atoms with Gasteiger partial charge < -0.3 is 10.2 Å². The maximum absolute atomic E-state index is 9.12. The Bertz CT molecular complexity index is 104. The monoisotopic (exact) mass is 176 g/mol. The van der Waals surface area contributed by atoms with Crippen LogP contribution in [0.4, 0.5) is 0 Å². The first-order chi connectivity index (χ1) is 5.45. The van der Waals surface area contributed by atoms with Crippen LogP contribution in [0.3, 0.4) is 0 Å². The minimum atomic E-state index is -0.424. The standard InChI is InChI=1S/C8H20N2O2/c1-7(11)9(3)5-6-10(4)8(2)12/h7-8,11-12H,5-6H2,1-4H3. The quantitative estimate of drug-likeness (QED) is 0.556. The van der Waals surface area contributed by atoms with Gasteiger partial charge in [0.15, 0.2) is 0 Å². The molecule has 0 aromatic carbocycles. The molecule has 0 saturated heterocycles. The zero-order chi connectivity index (χ0) is 9.72. The number of hydrogen-bond donors (Lipinski definition) is 2. The van der Waals surface area contributed by atoms with Gasteiger partial charge in [0.2, 0.25) is 0 Å². The molecule has 2 N–H and O–H groups in total. The van der Waals surface area contributed by atoms with Crippen LogP contribution < -0.4 is 0 Å². The highest BCUT2D eigenvalue weighted by Crippen LogP contribution is 1.93. The van der Waals surface area contributed by atoms with Gasteiger partial charge in [-0.25, -0.2) is 0 Å². The molecule has 0 radical (unpaired) electrons. The van der Waals surface area contributed by atoms with E-state index in [9.17, 15) is 0 Å². The Morgan fingerprint density at radius 2 is 1.17 bits per heavy atom. The Balaban J connectivity index is 3.54. The van der Waals surface area contributed by atoms with Crippen molar-refractivity contribution in [1.29, 1.82) is 0 Å². The third-order valence-corrected chi connectivity index (χ3v) is 2.08. The van der Waals surface area contributed by atoms with Crippen molar-refractivity contribution in [3.63, 3.8) is 0 Å². The summed E-state index contributed by atoms with van der Waals surface area (Å²) in [6, 6.07) is 0. The second-order valence-corrected chi connectivity index (χ2v) is 3.22. The lowest BCUT2D eigenvalue weighted by atomic mass is 10.4. The molecule has 4 nitrogen and oxygen atoms in total. The van der Waals surface area contributed by atoms with Crippen molar-refractivity contribution in [2.45, 2.75) is 26.3 Å². The molecule has 0 heterocycles. The molecule has 2 atom stereocenters. The van der Waals surface area contributed by atoms with Crippen LogP contribution in [0.5, 0.6) is 0 Å². The van der Waals surface area contributed by atoms with E-state index in [0.717, 1.165) is 13.1 Å². The summed E-state index contributed by atoms with van der Waals surface area (Å²) in [6.07, 6.45) is -0.847. The van der Waals surface area contributed by atoms with Crippen molar-refractivity contribution in [3.8, 4) is 0 Å². The summed E-state index contributed by atoms with van der Waals surface area (Å²) in [5, 5.41) is 18.2. The highest BCUT2D eigenvalue weighted by molar-refractivity contribution is 4.57. The summed E-state index contributed by atoms with van der Waals surface area (Å²) in [6.45, 7) is 4.95. The molecule has 4 heteroatoms. The van der Waals surface area contributed by atoms with Crippen LogP contribution in [-0.2, 0) is 0 Å². The highest BCUT2D eigenvalue weighted by atomic mass is 16.3. The van der Waals surface area contributed by atoms with Gasteiger partial charge in [0.05, 0.1) is 0 Å². The van der Waals surface area contributed by atoms with Crippen LogP contribution >= 0.6 is 0 Å². The van der Waals surface area contributed by atoms with Crippen molar-refractivity contribution in [2.75, 3.05) is 27.2 Å². The lowest BCUT2D eigenvalue weighted by Crippen LogP contribution is -2.39. The molecule has 0 fully saturated rings. The number of likely N-dealkylation sites (N-methyl/N-ethyl adjacent to an activating group) is 2. The van der Waals surface area contributed by atoms with Crippen LogP contribution in [0.15, 0.2) is 0 Å². The van der Waals surface area contributed by atoms with Gasteiger partial charge in [-0.15, -0.1) is 0 Å². The number of rotatable bonds is 5. The van der Waals surface area contributed by atoms with Gasteiger partial charge in [0.25, 0.3) is 0 Å². The second-order valence-electron chi connectivity index (χ2n) is 3.22. The third kappa shape index (κ3) is 4.66. The fourth-order valence-corrected chi connectivity index (χ4v) is 0.689. The summed E-state index contributed by atoms with van der Waals surface area (Å²) < 4.78 is 0. The zero-order valence-electron chi connectivity index (χ0n) is 8.36. The molecule has 0 aliphatic heterocycles. The molecule has 0 saturated carbocycles. The Hall–Kier alpha value is -0.160. The first-order valence-corrected chi connectivity index (χ1v) is 4.21. The molecule has 0 rings (SSSR count). The SMILES string of the molecule is CC(O)N(C)CCN(C)C(C)O. The van der Waals surface area contributed by atoms with E-state index in [2.05, 4.69) is 0 Å². The summed E-state index contributed by atoms with van der Waals surface area (Å²) in [5.74, 6) is 0. The molecule has 0 aliphatic carbocycles. The summed E-state index contributed by atoms with van der Waals surface area (Å²) in [5.41, 5.74) is 0. The largest absolute Gasteiger partial charge is 0.379 e. The molecule has 2 unspecified atom stereocenters. The smallest absolute Gasteiger partial charge is 0.104 e. The van der Waals surface area contributed by atoms with Gasteiger partial charge in [0, 0.05) is 13.1 Å². The summed E-state index contributed by atoms with van der Waals surface area (Å²) >= 11 is 0. The predicted molar refractivity (Wildman–Crippen MR) is 48.6 cm³/mol. The molecular weight excluding hydrogens is 156 g/mol. The first-order valence-electron chi connectivity index (χ1n) is 4.21. The molecule has 0 aliphatic rings. The van der Waals surface area contributed by atoms with Gasteiger partial charge >= 0.3 is 0 Å². The molecule has 0 spiro atoms. The average molecular weight is 176 g/mol. The van der Waals surface area contributed by atoms with E-state index in [1.54, 1.807) is 13.8 Å². The van der Waals surface area contributed by atoms with E-state index < -0.39 is 12.5 Å². The molecule has 0 aromatic heterocycles. The van der Waals surface area contributed by atoms with Crippen molar-refractivity contribution < 1.29 is 10.2 Å². The topological polar surface area (TPSA) is 46.9 Å². The van der Waals surface area contributed by atoms with E-state index in [-0.39, 0.29) is 0 Å². The number of aliphatic hydroxyl groups is 2. The van der Waals surface area contributed by atoms with Gasteiger partial charge in [0.1, 0.15) is 12.5 Å². The Labute approximate surface area is 74.4 Å². The normalized spacial score (nSPS) is 17.0. The summed E-state index contributed by atoms with van der Waals surface area (Å²) in [7, 11) is 3.70. The highest BCUT2D eigenvalue weighted by Gasteiger charge is 2.08. The predicted octanol–water partition coefficient (Wildman–Crippen LogP) is -0.473. The fourth-order valence-electron chi connectivity index (χ4n) is 0.689. The molecule has 12 heavy (non-hydrogen) atoms. The molecular formula is C8H20N2O2. The Morgan fingerprint density at radius 3 is 1.33 bits per heavy atom. The van der Waals surface area contributed by atoms with Gasteiger partial charge in [-0.1, -0.05) is 0 Å². The summed E-state index contributed by atoms with van der Waals surface area (Å²) in [4.78, 5) is 3.64. The van der Waals surface area contributed by atoms with Gasteiger partial charge in [-0.3, -0.25) is 9.80 Å². The molecule has 0 aromatic rings. The zero-order valence-corrected chi connectivity index (χ0v) is 8.36. The van der Waals surface area contributed by atoms with E-state index in [1.165, 1.54) is 0 Å².